The third kappa shape index (κ3) is 4.74. The summed E-state index contributed by atoms with van der Waals surface area (Å²) in [6.07, 6.45) is 5.55. The predicted octanol–water partition coefficient (Wildman–Crippen LogP) is 3.44. The van der Waals surface area contributed by atoms with Crippen molar-refractivity contribution in [3.8, 4) is 11.1 Å². The van der Waals surface area contributed by atoms with Crippen LogP contribution in [0.2, 0.25) is 0 Å². The number of urea groups is 1. The number of ether oxygens (including phenoxy) is 1. The zero-order valence-electron chi connectivity index (χ0n) is 18.9. The molecule has 1 aliphatic rings. The Morgan fingerprint density at radius 2 is 2.03 bits per heavy atom. The Morgan fingerprint density at radius 1 is 1.21 bits per heavy atom. The highest BCUT2D eigenvalue weighted by atomic mass is 19.1. The summed E-state index contributed by atoms with van der Waals surface area (Å²) in [5.41, 5.74) is 15.7. The maximum atomic E-state index is 15.3. The molecule has 3 aromatic rings. The molecule has 174 valence electrons. The number of hydrogen-bond donors (Lipinski definition) is 4. The van der Waals surface area contributed by atoms with Gasteiger partial charge in [0.1, 0.15) is 5.82 Å². The van der Waals surface area contributed by atoms with E-state index in [0.29, 0.717) is 47.5 Å². The molecule has 0 aliphatic carbocycles. The van der Waals surface area contributed by atoms with Gasteiger partial charge in [-0.2, -0.15) is 0 Å². The first-order chi connectivity index (χ1) is 15.9. The third-order valence-corrected chi connectivity index (χ3v) is 6.16. The van der Waals surface area contributed by atoms with Gasteiger partial charge in [-0.3, -0.25) is 10.3 Å². The quantitative estimate of drug-likeness (QED) is 0.424. The van der Waals surface area contributed by atoms with Gasteiger partial charge in [-0.1, -0.05) is 0 Å². The number of hydrogen-bond acceptors (Lipinski definition) is 6. The zero-order chi connectivity index (χ0) is 23.5. The fraction of sp³-hybridized carbons (Fsp3) is 0.375. The molecule has 0 bridgehead atoms. The summed E-state index contributed by atoms with van der Waals surface area (Å²) in [6.45, 7) is 5.66. The number of aromatic nitrogens is 2. The molecule has 1 aliphatic heterocycles. The Morgan fingerprint density at radius 3 is 2.76 bits per heavy atom. The van der Waals surface area contributed by atoms with Crippen LogP contribution in [-0.2, 0) is 11.2 Å². The van der Waals surface area contributed by atoms with Gasteiger partial charge in [0, 0.05) is 41.2 Å². The van der Waals surface area contributed by atoms with Gasteiger partial charge in [0.2, 0.25) is 0 Å². The van der Waals surface area contributed by atoms with Gasteiger partial charge >= 0.3 is 6.03 Å². The number of nitrogens with two attached hydrogens (primary N) is 2. The van der Waals surface area contributed by atoms with E-state index in [1.807, 2.05) is 13.8 Å². The second kappa shape index (κ2) is 9.68. The monoisotopic (exact) mass is 452 g/mol. The number of fused-ring (bicyclic) bond motifs is 1. The van der Waals surface area contributed by atoms with Crippen LogP contribution in [0.3, 0.4) is 0 Å². The topological polar surface area (TPSA) is 128 Å². The minimum atomic E-state index is -0.511. The molecule has 1 aromatic carbocycles. The Kier molecular flexibility index (Phi) is 6.71. The van der Waals surface area contributed by atoms with Crippen molar-refractivity contribution >= 4 is 28.3 Å². The van der Waals surface area contributed by atoms with Gasteiger partial charge in [0.25, 0.3) is 0 Å². The molecular weight excluding hydrogens is 423 g/mol. The summed E-state index contributed by atoms with van der Waals surface area (Å²) in [4.78, 5) is 21.1. The number of pyridine rings is 2. The number of nitrogens with one attached hydrogen (secondary N) is 2. The first-order valence-corrected chi connectivity index (χ1v) is 11.1. The molecule has 8 nitrogen and oxygen atoms in total. The second-order valence-corrected chi connectivity index (χ2v) is 8.36. The molecule has 0 radical (unpaired) electrons. The second-order valence-electron chi connectivity index (χ2n) is 8.36. The SMILES string of the molecule is Cc1c(-c2cc3cc(NC(=O)N[C@@H]4CCOC4)ncc3c(N)c2F)cnc(CCCN)c1C. The number of nitrogen functional groups attached to an aromatic ring is 1. The summed E-state index contributed by atoms with van der Waals surface area (Å²) in [7, 11) is 0. The van der Waals surface area contributed by atoms with Crippen molar-refractivity contribution in [3.05, 3.63) is 47.2 Å². The summed E-state index contributed by atoms with van der Waals surface area (Å²) in [5.74, 6) is -0.165. The number of rotatable bonds is 6. The molecule has 1 saturated heterocycles. The van der Waals surface area contributed by atoms with Crippen LogP contribution in [0, 0.1) is 19.7 Å². The molecule has 2 aromatic heterocycles. The van der Waals surface area contributed by atoms with Crippen molar-refractivity contribution in [3.63, 3.8) is 0 Å². The number of nitrogens with zero attached hydrogens (tertiary/aromatic N) is 2. The van der Waals surface area contributed by atoms with Crippen molar-refractivity contribution in [2.45, 2.75) is 39.2 Å². The van der Waals surface area contributed by atoms with Crippen molar-refractivity contribution < 1.29 is 13.9 Å². The molecule has 1 atom stereocenters. The Hall–Kier alpha value is -3.30. The number of halogens is 1. The van der Waals surface area contributed by atoms with E-state index < -0.39 is 5.82 Å². The summed E-state index contributed by atoms with van der Waals surface area (Å²) < 4.78 is 20.6. The van der Waals surface area contributed by atoms with Crippen LogP contribution in [0.1, 0.15) is 29.7 Å². The molecule has 1 fully saturated rings. The molecule has 0 spiro atoms. The molecule has 3 heterocycles. The fourth-order valence-corrected chi connectivity index (χ4v) is 4.10. The Labute approximate surface area is 191 Å². The minimum absolute atomic E-state index is 0.0124. The fourth-order valence-electron chi connectivity index (χ4n) is 4.10. The maximum Gasteiger partial charge on any atom is 0.320 e. The first-order valence-electron chi connectivity index (χ1n) is 11.1. The molecule has 0 unspecified atom stereocenters. The lowest BCUT2D eigenvalue weighted by atomic mass is 9.94. The van der Waals surface area contributed by atoms with E-state index in [9.17, 15) is 4.79 Å². The smallest absolute Gasteiger partial charge is 0.320 e. The van der Waals surface area contributed by atoms with Crippen molar-refractivity contribution in [1.29, 1.82) is 0 Å². The van der Waals surface area contributed by atoms with E-state index in [2.05, 4.69) is 20.6 Å². The van der Waals surface area contributed by atoms with Gasteiger partial charge in [0.15, 0.2) is 5.82 Å². The molecule has 6 N–H and O–H groups in total. The number of carbonyl (C=O) groups is 1. The lowest BCUT2D eigenvalue weighted by molar-refractivity contribution is 0.189. The summed E-state index contributed by atoms with van der Waals surface area (Å²) in [6, 6.07) is 3.02. The average molecular weight is 453 g/mol. The first kappa shape index (κ1) is 22.9. The van der Waals surface area contributed by atoms with E-state index in [0.717, 1.165) is 36.1 Å². The number of benzene rings is 1. The van der Waals surface area contributed by atoms with Gasteiger partial charge in [0.05, 0.1) is 18.3 Å². The molecular formula is C24H29FN6O2. The number of aryl methyl sites for hydroxylation is 1. The minimum Gasteiger partial charge on any atom is -0.396 e. The Bertz CT molecular complexity index is 1190. The molecule has 33 heavy (non-hydrogen) atoms. The predicted molar refractivity (Wildman–Crippen MR) is 128 cm³/mol. The molecule has 0 saturated carbocycles. The van der Waals surface area contributed by atoms with Crippen molar-refractivity contribution in [2.75, 3.05) is 30.8 Å². The van der Waals surface area contributed by atoms with Gasteiger partial charge in [-0.05, 0) is 68.3 Å². The number of carbonyl (C=O) groups excluding carboxylic acids is 1. The van der Waals surface area contributed by atoms with Gasteiger partial charge in [-0.15, -0.1) is 0 Å². The van der Waals surface area contributed by atoms with E-state index in [-0.39, 0.29) is 17.8 Å². The van der Waals surface area contributed by atoms with Gasteiger partial charge in [-0.25, -0.2) is 14.2 Å². The third-order valence-electron chi connectivity index (χ3n) is 6.16. The van der Waals surface area contributed by atoms with E-state index >= 15 is 4.39 Å². The summed E-state index contributed by atoms with van der Waals surface area (Å²) >= 11 is 0. The molecule has 4 rings (SSSR count). The summed E-state index contributed by atoms with van der Waals surface area (Å²) in [5, 5.41) is 6.73. The highest BCUT2D eigenvalue weighted by Crippen LogP contribution is 2.36. The zero-order valence-corrected chi connectivity index (χ0v) is 18.9. The standard InChI is InChI=1S/C24H29FN6O2/c1-13-14(2)20(4-3-6-26)28-10-18(13)17-8-15-9-21(29-11-19(15)23(27)22(17)25)31-24(32)30-16-5-7-33-12-16/h8-11,16H,3-7,12,26-27H2,1-2H3,(H2,29,30,31,32)/t16-/m1/s1. The molecule has 9 heteroatoms. The number of anilines is 2. The van der Waals surface area contributed by atoms with Gasteiger partial charge < -0.3 is 21.5 Å². The Balaban J connectivity index is 1.67. The maximum absolute atomic E-state index is 15.3. The van der Waals surface area contributed by atoms with Crippen LogP contribution in [0.5, 0.6) is 0 Å². The van der Waals surface area contributed by atoms with E-state index in [1.54, 1.807) is 18.3 Å². The lowest BCUT2D eigenvalue weighted by Crippen LogP contribution is -2.38. The largest absolute Gasteiger partial charge is 0.396 e. The van der Waals surface area contributed by atoms with Crippen LogP contribution in [0.4, 0.5) is 20.7 Å². The molecule has 2 amide bonds. The lowest BCUT2D eigenvalue weighted by Gasteiger charge is -2.16. The van der Waals surface area contributed by atoms with E-state index in [4.69, 9.17) is 16.2 Å². The van der Waals surface area contributed by atoms with Crippen LogP contribution >= 0.6 is 0 Å². The normalized spacial score (nSPS) is 15.7. The highest BCUT2D eigenvalue weighted by molar-refractivity contribution is 5.99. The van der Waals surface area contributed by atoms with E-state index in [1.165, 1.54) is 6.20 Å². The van der Waals surface area contributed by atoms with Crippen LogP contribution in [-0.4, -0.2) is 41.8 Å². The highest BCUT2D eigenvalue weighted by Gasteiger charge is 2.20. The van der Waals surface area contributed by atoms with Crippen LogP contribution in [0.15, 0.2) is 24.5 Å². The number of amides is 2. The van der Waals surface area contributed by atoms with Crippen molar-refractivity contribution in [2.24, 2.45) is 5.73 Å². The van der Waals surface area contributed by atoms with Crippen molar-refractivity contribution in [1.82, 2.24) is 15.3 Å². The van der Waals surface area contributed by atoms with Crippen LogP contribution in [0.25, 0.3) is 21.9 Å². The average Bonchev–Trinajstić information content (AvgIpc) is 3.30. The van der Waals surface area contributed by atoms with Crippen LogP contribution < -0.4 is 22.1 Å².